The van der Waals surface area contributed by atoms with Gasteiger partial charge in [0, 0.05) is 16.1 Å². The average Bonchev–Trinajstić information content (AvgIpc) is 2.29. The molecule has 2 rings (SSSR count). The molecule has 0 unspecified atom stereocenters. The van der Waals surface area contributed by atoms with Crippen molar-refractivity contribution in [2.45, 2.75) is 0 Å². The molecule has 1 radical (unpaired) electrons. The van der Waals surface area contributed by atoms with Crippen molar-refractivity contribution in [1.29, 1.82) is 0 Å². The summed E-state index contributed by atoms with van der Waals surface area (Å²) in [7, 11) is 0. The summed E-state index contributed by atoms with van der Waals surface area (Å²) < 4.78 is 5.38. The van der Waals surface area contributed by atoms with E-state index in [9.17, 15) is 5.11 Å². The van der Waals surface area contributed by atoms with Crippen molar-refractivity contribution in [2.24, 2.45) is 0 Å². The van der Waals surface area contributed by atoms with Gasteiger partial charge in [-0.25, -0.2) is 0 Å². The molecule has 0 heterocycles. The Kier molecular flexibility index (Phi) is 4.13. The fourth-order valence-electron chi connectivity index (χ4n) is 1.29. The molecule has 93 valence electrons. The lowest BCUT2D eigenvalue weighted by atomic mass is 10.3. The molecular weight excluding hydrogens is 318 g/mol. The first-order valence-corrected chi connectivity index (χ1v) is 6.27. The monoisotopic (exact) mass is 321 g/mol. The van der Waals surface area contributed by atoms with E-state index in [0.29, 0.717) is 15.8 Å². The minimum absolute atomic E-state index is 0.0109. The van der Waals surface area contributed by atoms with E-state index in [2.05, 4.69) is 0 Å². The highest BCUT2D eigenvalue weighted by atomic mass is 35.5. The van der Waals surface area contributed by atoms with Crippen molar-refractivity contribution >= 4 is 46.4 Å². The van der Waals surface area contributed by atoms with Crippen LogP contribution in [0.1, 0.15) is 0 Å². The van der Waals surface area contributed by atoms with Crippen LogP contribution in [0, 0.1) is 0 Å². The zero-order chi connectivity index (χ0) is 13.3. The van der Waals surface area contributed by atoms with Gasteiger partial charge in [-0.05, 0) is 24.3 Å². The van der Waals surface area contributed by atoms with E-state index in [1.807, 2.05) is 0 Å². The molecule has 0 saturated heterocycles. The molecule has 0 spiro atoms. The van der Waals surface area contributed by atoms with Gasteiger partial charge in [-0.3, -0.25) is 5.11 Å². The predicted octanol–water partition coefficient (Wildman–Crippen LogP) is 6.24. The summed E-state index contributed by atoms with van der Waals surface area (Å²) in [5.74, 6) is -0.139. The summed E-state index contributed by atoms with van der Waals surface area (Å²) in [6.07, 6.45) is 0. The van der Waals surface area contributed by atoms with Gasteiger partial charge in [-0.1, -0.05) is 46.4 Å². The summed E-state index contributed by atoms with van der Waals surface area (Å²) in [6.45, 7) is 0. The van der Waals surface area contributed by atoms with Crippen molar-refractivity contribution in [1.82, 2.24) is 0 Å². The number of hydrogen-bond acceptors (Lipinski definition) is 1. The van der Waals surface area contributed by atoms with Gasteiger partial charge in [-0.2, -0.15) is 0 Å². The zero-order valence-corrected chi connectivity index (χ0v) is 11.7. The predicted molar refractivity (Wildman–Crippen MR) is 73.1 cm³/mol. The summed E-state index contributed by atoms with van der Waals surface area (Å²) in [5.41, 5.74) is 0. The van der Waals surface area contributed by atoms with Crippen LogP contribution in [0.3, 0.4) is 0 Å². The molecule has 18 heavy (non-hydrogen) atoms. The minimum Gasteiger partial charge on any atom is -0.452 e. The second-order valence-corrected chi connectivity index (χ2v) is 5.08. The number of rotatable bonds is 2. The van der Waals surface area contributed by atoms with Crippen molar-refractivity contribution in [3.63, 3.8) is 0 Å². The fraction of sp³-hybridized carbons (Fsp3) is 0. The average molecular weight is 323 g/mol. The van der Waals surface area contributed by atoms with E-state index in [1.54, 1.807) is 12.1 Å². The first-order chi connectivity index (χ1) is 8.47. The van der Waals surface area contributed by atoms with Gasteiger partial charge in [0.25, 0.3) is 0 Å². The van der Waals surface area contributed by atoms with Gasteiger partial charge < -0.3 is 4.74 Å². The van der Waals surface area contributed by atoms with Crippen LogP contribution >= 0.6 is 46.4 Å². The van der Waals surface area contributed by atoms with Crippen molar-refractivity contribution in [3.05, 3.63) is 50.4 Å². The van der Waals surface area contributed by atoms with Crippen LogP contribution in [0.25, 0.3) is 0 Å². The van der Waals surface area contributed by atoms with Crippen LogP contribution < -0.4 is 4.74 Å². The molecular formula is C12H5Cl4O2. The van der Waals surface area contributed by atoms with Gasteiger partial charge in [0.1, 0.15) is 5.75 Å². The van der Waals surface area contributed by atoms with Crippen molar-refractivity contribution in [3.8, 4) is 17.2 Å². The summed E-state index contributed by atoms with van der Waals surface area (Å²) in [6, 6.07) is 7.38. The lowest BCUT2D eigenvalue weighted by Crippen LogP contribution is -1.86. The molecule has 0 saturated carbocycles. The molecule has 0 N–H and O–H groups in total. The van der Waals surface area contributed by atoms with E-state index in [1.165, 1.54) is 18.2 Å². The van der Waals surface area contributed by atoms with Crippen molar-refractivity contribution in [2.75, 3.05) is 0 Å². The highest BCUT2D eigenvalue weighted by Crippen LogP contribution is 2.41. The Morgan fingerprint density at radius 1 is 0.778 bits per heavy atom. The Balaban J connectivity index is 2.40. The maximum absolute atomic E-state index is 11.7. The van der Waals surface area contributed by atoms with E-state index < -0.39 is 5.75 Å². The Bertz CT molecular complexity index is 599. The van der Waals surface area contributed by atoms with Crippen LogP contribution in [0.2, 0.25) is 20.1 Å². The minimum atomic E-state index is -0.452. The fourth-order valence-corrected chi connectivity index (χ4v) is 2.21. The molecule has 0 amide bonds. The van der Waals surface area contributed by atoms with E-state index in [-0.39, 0.29) is 15.8 Å². The molecule has 6 heteroatoms. The molecule has 0 aliphatic rings. The molecule has 2 aromatic carbocycles. The van der Waals surface area contributed by atoms with E-state index in [0.717, 1.165) is 0 Å². The van der Waals surface area contributed by atoms with Gasteiger partial charge >= 0.3 is 0 Å². The molecule has 2 nitrogen and oxygen atoms in total. The first kappa shape index (κ1) is 13.6. The summed E-state index contributed by atoms with van der Waals surface area (Å²) in [5, 5.41) is 12.8. The summed E-state index contributed by atoms with van der Waals surface area (Å²) in [4.78, 5) is 0. The molecule has 2 aromatic rings. The third-order valence-corrected chi connectivity index (χ3v) is 3.12. The van der Waals surface area contributed by atoms with E-state index >= 15 is 0 Å². The van der Waals surface area contributed by atoms with Crippen LogP contribution in [0.5, 0.6) is 17.2 Å². The number of halogens is 4. The Morgan fingerprint density at radius 2 is 1.44 bits per heavy atom. The largest absolute Gasteiger partial charge is 0.452 e. The number of benzene rings is 2. The maximum Gasteiger partial charge on any atom is 0.239 e. The Hall–Kier alpha value is -0.800. The zero-order valence-electron chi connectivity index (χ0n) is 8.72. The molecule has 0 atom stereocenters. The first-order valence-electron chi connectivity index (χ1n) is 4.76. The van der Waals surface area contributed by atoms with Gasteiger partial charge in [0.15, 0.2) is 5.75 Å². The lowest BCUT2D eigenvalue weighted by molar-refractivity contribution is 0.329. The molecule has 0 bridgehead atoms. The van der Waals surface area contributed by atoms with Crippen LogP contribution in [-0.4, -0.2) is 0 Å². The Labute approximate surface area is 124 Å². The summed E-state index contributed by atoms with van der Waals surface area (Å²) >= 11 is 23.2. The van der Waals surface area contributed by atoms with Gasteiger partial charge in [0.2, 0.25) is 5.75 Å². The second-order valence-electron chi connectivity index (χ2n) is 3.39. The highest BCUT2D eigenvalue weighted by molar-refractivity contribution is 6.36. The third-order valence-electron chi connectivity index (χ3n) is 2.09. The maximum atomic E-state index is 11.7. The van der Waals surface area contributed by atoms with E-state index in [4.69, 9.17) is 51.1 Å². The smallest absolute Gasteiger partial charge is 0.239 e. The molecule has 0 fully saturated rings. The van der Waals surface area contributed by atoms with Gasteiger partial charge in [0.05, 0.1) is 10.0 Å². The quantitative estimate of drug-likeness (QED) is 0.643. The van der Waals surface area contributed by atoms with Crippen LogP contribution in [-0.2, 0) is 5.11 Å². The SMILES string of the molecule is [O]c1c(Cl)cc(Cl)cc1Oc1ccc(Cl)cc1Cl. The Morgan fingerprint density at radius 3 is 2.11 bits per heavy atom. The van der Waals surface area contributed by atoms with Crippen LogP contribution in [0.4, 0.5) is 0 Å². The molecule has 0 aliphatic carbocycles. The standard InChI is InChI=1S/C12H5Cl4O2/c13-6-1-2-10(8(15)3-6)18-11-5-7(14)4-9(16)12(11)17/h1-5H. The highest BCUT2D eigenvalue weighted by Gasteiger charge is 2.13. The van der Waals surface area contributed by atoms with Crippen LogP contribution in [0.15, 0.2) is 30.3 Å². The normalized spacial score (nSPS) is 10.4. The lowest BCUT2D eigenvalue weighted by Gasteiger charge is -2.09. The topological polar surface area (TPSA) is 29.1 Å². The number of hydrogen-bond donors (Lipinski definition) is 0. The third kappa shape index (κ3) is 2.96. The van der Waals surface area contributed by atoms with Gasteiger partial charge in [-0.15, -0.1) is 0 Å². The molecule has 0 aromatic heterocycles. The van der Waals surface area contributed by atoms with Crippen molar-refractivity contribution < 1.29 is 9.84 Å². The second kappa shape index (κ2) is 5.45. The molecule has 0 aliphatic heterocycles. The number of ether oxygens (including phenoxy) is 1.